The molecule has 4 heteroatoms. The zero-order valence-electron chi connectivity index (χ0n) is 9.69. The van der Waals surface area contributed by atoms with Crippen LogP contribution in [0.5, 0.6) is 0 Å². The third kappa shape index (κ3) is 2.48. The van der Waals surface area contributed by atoms with Crippen LogP contribution in [0.25, 0.3) is 0 Å². The number of benzene rings is 1. The monoisotopic (exact) mass is 235 g/mol. The Balaban J connectivity index is 2.15. The predicted molar refractivity (Wildman–Crippen MR) is 63.6 cm³/mol. The molecule has 1 aliphatic rings. The zero-order valence-corrected chi connectivity index (χ0v) is 9.69. The summed E-state index contributed by atoms with van der Waals surface area (Å²) in [4.78, 5) is 11.3. The lowest BCUT2D eigenvalue weighted by Gasteiger charge is -2.23. The molecule has 1 aromatic rings. The van der Waals surface area contributed by atoms with Crippen molar-refractivity contribution in [3.63, 3.8) is 0 Å². The first-order chi connectivity index (χ1) is 8.16. The van der Waals surface area contributed by atoms with Crippen LogP contribution >= 0.6 is 0 Å². The van der Waals surface area contributed by atoms with E-state index in [1.807, 2.05) is 24.3 Å². The second-order valence-electron chi connectivity index (χ2n) is 4.45. The Morgan fingerprint density at radius 2 is 2.00 bits per heavy atom. The van der Waals surface area contributed by atoms with Gasteiger partial charge in [-0.05, 0) is 24.0 Å². The van der Waals surface area contributed by atoms with E-state index in [0.29, 0.717) is 26.0 Å². The molecule has 0 aliphatic carbocycles. The maximum atomic E-state index is 11.3. The Hall–Kier alpha value is -1.39. The number of hydrogen-bond acceptors (Lipinski definition) is 3. The number of carbonyl (C=O) groups is 1. The number of carboxylic acid groups (broad SMARTS) is 1. The summed E-state index contributed by atoms with van der Waals surface area (Å²) in [6, 6.07) is 7.71. The van der Waals surface area contributed by atoms with Crippen molar-refractivity contribution in [2.24, 2.45) is 5.73 Å². The molecule has 0 radical (unpaired) electrons. The minimum absolute atomic E-state index is 0.424. The van der Waals surface area contributed by atoms with Crippen molar-refractivity contribution in [2.75, 3.05) is 6.61 Å². The maximum absolute atomic E-state index is 11.3. The van der Waals surface area contributed by atoms with Crippen LogP contribution in [-0.4, -0.2) is 23.3 Å². The summed E-state index contributed by atoms with van der Waals surface area (Å²) in [7, 11) is 0. The second kappa shape index (κ2) is 4.85. The molecule has 1 aliphatic heterocycles. The Bertz CT molecular complexity index is 394. The van der Waals surface area contributed by atoms with E-state index in [-0.39, 0.29) is 0 Å². The largest absolute Gasteiger partial charge is 0.479 e. The number of aliphatic carboxylic acids is 1. The molecular weight excluding hydrogens is 218 g/mol. The second-order valence-corrected chi connectivity index (χ2v) is 4.45. The van der Waals surface area contributed by atoms with Crippen molar-refractivity contribution < 1.29 is 14.6 Å². The van der Waals surface area contributed by atoms with Gasteiger partial charge >= 0.3 is 5.97 Å². The van der Waals surface area contributed by atoms with Gasteiger partial charge in [-0.1, -0.05) is 24.3 Å². The summed E-state index contributed by atoms with van der Waals surface area (Å²) in [5, 5.41) is 9.28. The molecule has 2 rings (SSSR count). The van der Waals surface area contributed by atoms with E-state index in [0.717, 1.165) is 17.5 Å². The summed E-state index contributed by atoms with van der Waals surface area (Å²) < 4.78 is 5.44. The number of carboxylic acids is 1. The van der Waals surface area contributed by atoms with Gasteiger partial charge in [-0.2, -0.15) is 0 Å². The molecule has 4 nitrogen and oxygen atoms in total. The topological polar surface area (TPSA) is 72.6 Å². The first kappa shape index (κ1) is 12.1. The SMILES string of the molecule is NCc1ccc(CC2(C(=O)O)CCCO2)cc1. The van der Waals surface area contributed by atoms with E-state index in [2.05, 4.69) is 0 Å². The molecule has 92 valence electrons. The molecule has 0 aromatic heterocycles. The highest BCUT2D eigenvalue weighted by Crippen LogP contribution is 2.30. The molecule has 1 heterocycles. The molecular formula is C13H17NO3. The van der Waals surface area contributed by atoms with Crippen LogP contribution in [0.4, 0.5) is 0 Å². The first-order valence-corrected chi connectivity index (χ1v) is 5.81. The lowest BCUT2D eigenvalue weighted by molar-refractivity contribution is -0.159. The molecule has 1 atom stereocenters. The lowest BCUT2D eigenvalue weighted by atomic mass is 9.91. The Morgan fingerprint density at radius 1 is 1.35 bits per heavy atom. The van der Waals surface area contributed by atoms with Crippen molar-refractivity contribution in [1.29, 1.82) is 0 Å². The van der Waals surface area contributed by atoms with Crippen LogP contribution in [-0.2, 0) is 22.5 Å². The molecule has 1 unspecified atom stereocenters. The third-order valence-electron chi connectivity index (χ3n) is 3.24. The lowest BCUT2D eigenvalue weighted by Crippen LogP contribution is -2.40. The van der Waals surface area contributed by atoms with Gasteiger partial charge in [0.2, 0.25) is 0 Å². The number of hydrogen-bond donors (Lipinski definition) is 2. The van der Waals surface area contributed by atoms with Crippen molar-refractivity contribution in [3.8, 4) is 0 Å². The fraction of sp³-hybridized carbons (Fsp3) is 0.462. The van der Waals surface area contributed by atoms with Gasteiger partial charge in [0.05, 0.1) is 0 Å². The fourth-order valence-corrected chi connectivity index (χ4v) is 2.20. The molecule has 0 bridgehead atoms. The number of ether oxygens (including phenoxy) is 1. The van der Waals surface area contributed by atoms with E-state index >= 15 is 0 Å². The summed E-state index contributed by atoms with van der Waals surface area (Å²) in [5.41, 5.74) is 6.52. The summed E-state index contributed by atoms with van der Waals surface area (Å²) in [6.45, 7) is 1.04. The molecule has 0 spiro atoms. The van der Waals surface area contributed by atoms with Crippen LogP contribution in [0.2, 0.25) is 0 Å². The van der Waals surface area contributed by atoms with E-state index in [1.165, 1.54) is 0 Å². The average Bonchev–Trinajstić information content (AvgIpc) is 2.80. The number of nitrogens with two attached hydrogens (primary N) is 1. The molecule has 1 fully saturated rings. The highest BCUT2D eigenvalue weighted by molar-refractivity contribution is 5.78. The van der Waals surface area contributed by atoms with Crippen LogP contribution in [0.15, 0.2) is 24.3 Å². The molecule has 0 amide bonds. The quantitative estimate of drug-likeness (QED) is 0.825. The van der Waals surface area contributed by atoms with Crippen molar-refractivity contribution >= 4 is 5.97 Å². The van der Waals surface area contributed by atoms with E-state index < -0.39 is 11.6 Å². The summed E-state index contributed by atoms with van der Waals surface area (Å²) in [5.74, 6) is -0.863. The first-order valence-electron chi connectivity index (χ1n) is 5.81. The Kier molecular flexibility index (Phi) is 3.45. The third-order valence-corrected chi connectivity index (χ3v) is 3.24. The summed E-state index contributed by atoms with van der Waals surface area (Å²) in [6.07, 6.45) is 1.82. The van der Waals surface area contributed by atoms with E-state index in [1.54, 1.807) is 0 Å². The molecule has 1 saturated heterocycles. The van der Waals surface area contributed by atoms with E-state index in [9.17, 15) is 9.90 Å². The average molecular weight is 235 g/mol. The molecule has 1 aromatic carbocycles. The highest BCUT2D eigenvalue weighted by Gasteiger charge is 2.42. The van der Waals surface area contributed by atoms with Gasteiger partial charge in [0, 0.05) is 19.6 Å². The maximum Gasteiger partial charge on any atom is 0.336 e. The normalized spacial score (nSPS) is 23.8. The van der Waals surface area contributed by atoms with Crippen molar-refractivity contribution in [2.45, 2.75) is 31.4 Å². The van der Waals surface area contributed by atoms with Gasteiger partial charge in [-0.3, -0.25) is 0 Å². The van der Waals surface area contributed by atoms with Crippen molar-refractivity contribution in [1.82, 2.24) is 0 Å². The van der Waals surface area contributed by atoms with Crippen LogP contribution in [0.1, 0.15) is 24.0 Å². The van der Waals surface area contributed by atoms with Gasteiger partial charge in [-0.25, -0.2) is 4.79 Å². The predicted octanol–water partition coefficient (Wildman–Crippen LogP) is 1.32. The van der Waals surface area contributed by atoms with Gasteiger partial charge in [0.25, 0.3) is 0 Å². The minimum atomic E-state index is -1.02. The van der Waals surface area contributed by atoms with Crippen molar-refractivity contribution in [3.05, 3.63) is 35.4 Å². The molecule has 17 heavy (non-hydrogen) atoms. The highest BCUT2D eigenvalue weighted by atomic mass is 16.5. The van der Waals surface area contributed by atoms with Gasteiger partial charge < -0.3 is 15.6 Å². The fourth-order valence-electron chi connectivity index (χ4n) is 2.20. The molecule has 0 saturated carbocycles. The Labute approximate surface area is 100 Å². The standard InChI is InChI=1S/C13H17NO3/c14-9-11-4-2-10(3-5-11)8-13(12(15)16)6-1-7-17-13/h2-5H,1,6-9,14H2,(H,15,16). The Morgan fingerprint density at radius 3 is 2.47 bits per heavy atom. The van der Waals surface area contributed by atoms with Crippen LogP contribution in [0.3, 0.4) is 0 Å². The van der Waals surface area contributed by atoms with Gasteiger partial charge in [-0.15, -0.1) is 0 Å². The smallest absolute Gasteiger partial charge is 0.336 e. The van der Waals surface area contributed by atoms with Crippen LogP contribution < -0.4 is 5.73 Å². The zero-order chi connectivity index (χ0) is 12.3. The molecule has 3 N–H and O–H groups in total. The minimum Gasteiger partial charge on any atom is -0.479 e. The van der Waals surface area contributed by atoms with Gasteiger partial charge in [0.1, 0.15) is 0 Å². The number of rotatable bonds is 4. The van der Waals surface area contributed by atoms with Crippen LogP contribution in [0, 0.1) is 0 Å². The van der Waals surface area contributed by atoms with Gasteiger partial charge in [0.15, 0.2) is 5.60 Å². The summed E-state index contributed by atoms with van der Waals surface area (Å²) >= 11 is 0. The van der Waals surface area contributed by atoms with E-state index in [4.69, 9.17) is 10.5 Å².